The Bertz CT molecular complexity index is 694. The van der Waals surface area contributed by atoms with Crippen molar-refractivity contribution in [2.24, 2.45) is 0 Å². The Hall–Kier alpha value is -2.15. The first-order valence-corrected chi connectivity index (χ1v) is 6.86. The first-order chi connectivity index (χ1) is 9.88. The fourth-order valence-electron chi connectivity index (χ4n) is 1.94. The Morgan fingerprint density at radius 1 is 1.33 bits per heavy atom. The third-order valence-corrected chi connectivity index (χ3v) is 3.61. The second-order valence-corrected chi connectivity index (χ2v) is 5.35. The molecule has 0 aromatic heterocycles. The van der Waals surface area contributed by atoms with Gasteiger partial charge in [-0.2, -0.15) is 0 Å². The number of phenols is 1. The van der Waals surface area contributed by atoms with E-state index in [9.17, 15) is 19.6 Å². The minimum absolute atomic E-state index is 0.0379. The van der Waals surface area contributed by atoms with E-state index in [2.05, 4.69) is 21.2 Å². The second-order valence-electron chi connectivity index (χ2n) is 4.50. The molecule has 0 heterocycles. The van der Waals surface area contributed by atoms with Gasteiger partial charge in [-0.3, -0.25) is 10.1 Å². The number of aromatic hydroxyl groups is 1. The predicted octanol–water partition coefficient (Wildman–Crippen LogP) is 4.38. The van der Waals surface area contributed by atoms with Gasteiger partial charge >= 0.3 is 0 Å². The molecule has 0 radical (unpaired) electrons. The number of rotatable bonds is 4. The van der Waals surface area contributed by atoms with Gasteiger partial charge < -0.3 is 10.4 Å². The van der Waals surface area contributed by atoms with Crippen molar-refractivity contribution in [2.45, 2.75) is 13.0 Å². The van der Waals surface area contributed by atoms with Crippen LogP contribution in [0, 0.1) is 15.9 Å². The van der Waals surface area contributed by atoms with Gasteiger partial charge in [0.25, 0.3) is 5.69 Å². The molecule has 5 nitrogen and oxygen atoms in total. The minimum atomic E-state index is -0.518. The molecule has 2 aromatic carbocycles. The number of phenolic OH excluding ortho intramolecular Hbond substituents is 1. The van der Waals surface area contributed by atoms with Crippen molar-refractivity contribution in [3.63, 3.8) is 0 Å². The van der Waals surface area contributed by atoms with E-state index in [1.165, 1.54) is 18.2 Å². The number of nitrogens with one attached hydrogen (secondary N) is 1. The van der Waals surface area contributed by atoms with Crippen LogP contribution in [0.15, 0.2) is 40.9 Å². The van der Waals surface area contributed by atoms with Gasteiger partial charge in [0.1, 0.15) is 11.6 Å². The Morgan fingerprint density at radius 3 is 2.62 bits per heavy atom. The fourth-order valence-corrected chi connectivity index (χ4v) is 2.46. The average molecular weight is 355 g/mol. The lowest BCUT2D eigenvalue weighted by molar-refractivity contribution is -0.385. The van der Waals surface area contributed by atoms with Crippen molar-refractivity contribution < 1.29 is 14.4 Å². The highest BCUT2D eigenvalue weighted by atomic mass is 79.9. The Balaban J connectivity index is 2.21. The number of nitro benzene ring substituents is 1. The monoisotopic (exact) mass is 354 g/mol. The van der Waals surface area contributed by atoms with E-state index in [0.717, 1.165) is 6.07 Å². The van der Waals surface area contributed by atoms with Crippen LogP contribution in [0.5, 0.6) is 5.75 Å². The van der Waals surface area contributed by atoms with Gasteiger partial charge in [0.05, 0.1) is 15.4 Å². The zero-order chi connectivity index (χ0) is 15.6. The molecule has 0 bridgehead atoms. The van der Waals surface area contributed by atoms with E-state index in [-0.39, 0.29) is 17.5 Å². The summed E-state index contributed by atoms with van der Waals surface area (Å²) in [5.74, 6) is -0.655. The van der Waals surface area contributed by atoms with Crippen molar-refractivity contribution in [1.29, 1.82) is 0 Å². The summed E-state index contributed by atoms with van der Waals surface area (Å²) >= 11 is 3.13. The number of nitrogens with zero attached hydrogens (tertiary/aromatic N) is 1. The molecule has 2 rings (SSSR count). The summed E-state index contributed by atoms with van der Waals surface area (Å²) in [7, 11) is 0. The zero-order valence-corrected chi connectivity index (χ0v) is 12.6. The van der Waals surface area contributed by atoms with E-state index >= 15 is 0 Å². The number of hydrogen-bond acceptors (Lipinski definition) is 4. The lowest BCUT2D eigenvalue weighted by atomic mass is 10.1. The van der Waals surface area contributed by atoms with Gasteiger partial charge in [-0.1, -0.05) is 6.07 Å². The largest absolute Gasteiger partial charge is 0.508 e. The maximum absolute atomic E-state index is 13.8. The third kappa shape index (κ3) is 3.49. The molecule has 0 amide bonds. The number of nitro groups is 1. The molecular weight excluding hydrogens is 343 g/mol. The molecule has 1 unspecified atom stereocenters. The standard InChI is InChI=1S/C14H12BrFN2O3/c1-8(11-4-3-10(19)7-13(11)16)17-9-2-5-14(18(20)21)12(15)6-9/h2-8,17,19H,1H3. The van der Waals surface area contributed by atoms with Crippen molar-refractivity contribution in [3.8, 4) is 5.75 Å². The second kappa shape index (κ2) is 6.09. The summed E-state index contributed by atoms with van der Waals surface area (Å²) in [6, 6.07) is 8.06. The molecule has 0 saturated carbocycles. The highest BCUT2D eigenvalue weighted by Gasteiger charge is 2.15. The number of anilines is 1. The first kappa shape index (κ1) is 15.2. The molecule has 0 aliphatic heterocycles. The molecule has 0 aliphatic rings. The van der Waals surface area contributed by atoms with Crippen molar-refractivity contribution >= 4 is 27.3 Å². The predicted molar refractivity (Wildman–Crippen MR) is 80.9 cm³/mol. The minimum Gasteiger partial charge on any atom is -0.508 e. The van der Waals surface area contributed by atoms with E-state index in [0.29, 0.717) is 15.7 Å². The smallest absolute Gasteiger partial charge is 0.283 e. The van der Waals surface area contributed by atoms with Gasteiger partial charge in [-0.15, -0.1) is 0 Å². The number of halogens is 2. The summed E-state index contributed by atoms with van der Waals surface area (Å²) in [6.07, 6.45) is 0. The highest BCUT2D eigenvalue weighted by molar-refractivity contribution is 9.10. The lowest BCUT2D eigenvalue weighted by Gasteiger charge is -2.16. The van der Waals surface area contributed by atoms with Gasteiger partial charge in [-0.05, 0) is 41.1 Å². The summed E-state index contributed by atoms with van der Waals surface area (Å²) in [5, 5.41) is 23.0. The van der Waals surface area contributed by atoms with Crippen LogP contribution in [0.2, 0.25) is 0 Å². The Kier molecular flexibility index (Phi) is 4.42. The van der Waals surface area contributed by atoms with Crippen LogP contribution in [-0.4, -0.2) is 10.0 Å². The molecule has 0 aliphatic carbocycles. The van der Waals surface area contributed by atoms with Crippen LogP contribution in [0.25, 0.3) is 0 Å². The molecule has 0 saturated heterocycles. The van der Waals surface area contributed by atoms with Crippen LogP contribution in [0.4, 0.5) is 15.8 Å². The topological polar surface area (TPSA) is 75.4 Å². The van der Waals surface area contributed by atoms with Crippen LogP contribution in [0.3, 0.4) is 0 Å². The third-order valence-electron chi connectivity index (χ3n) is 2.98. The molecular formula is C14H12BrFN2O3. The van der Waals surface area contributed by atoms with Crippen LogP contribution >= 0.6 is 15.9 Å². The summed E-state index contributed by atoms with van der Waals surface area (Å²) in [5.41, 5.74) is 0.971. The quantitative estimate of drug-likeness (QED) is 0.631. The summed E-state index contributed by atoms with van der Waals surface area (Å²) in [6.45, 7) is 1.75. The molecule has 0 spiro atoms. The summed E-state index contributed by atoms with van der Waals surface area (Å²) < 4.78 is 14.1. The van der Waals surface area contributed by atoms with Gasteiger partial charge in [0.15, 0.2) is 0 Å². The van der Waals surface area contributed by atoms with E-state index in [4.69, 9.17) is 0 Å². The molecule has 0 fully saturated rings. The molecule has 2 N–H and O–H groups in total. The molecule has 110 valence electrons. The fraction of sp³-hybridized carbons (Fsp3) is 0.143. The van der Waals surface area contributed by atoms with E-state index < -0.39 is 10.7 Å². The van der Waals surface area contributed by atoms with E-state index in [1.54, 1.807) is 19.1 Å². The van der Waals surface area contributed by atoms with Crippen molar-refractivity contribution in [2.75, 3.05) is 5.32 Å². The average Bonchev–Trinajstić information content (AvgIpc) is 2.37. The SMILES string of the molecule is CC(Nc1ccc([N+](=O)[O-])c(Br)c1)c1ccc(O)cc1F. The maximum Gasteiger partial charge on any atom is 0.283 e. The Labute approximate surface area is 128 Å². The Morgan fingerprint density at radius 2 is 2.05 bits per heavy atom. The maximum atomic E-state index is 13.8. The van der Waals surface area contributed by atoms with E-state index in [1.807, 2.05) is 0 Å². The summed E-state index contributed by atoms with van der Waals surface area (Å²) in [4.78, 5) is 10.2. The van der Waals surface area contributed by atoms with Crippen molar-refractivity contribution in [1.82, 2.24) is 0 Å². The van der Waals surface area contributed by atoms with Gasteiger partial charge in [0.2, 0.25) is 0 Å². The normalized spacial score (nSPS) is 12.0. The first-order valence-electron chi connectivity index (χ1n) is 6.07. The van der Waals surface area contributed by atoms with Gasteiger partial charge in [-0.25, -0.2) is 4.39 Å². The molecule has 2 aromatic rings. The van der Waals surface area contributed by atoms with Crippen LogP contribution < -0.4 is 5.32 Å². The molecule has 1 atom stereocenters. The van der Waals surface area contributed by atoms with Gasteiger partial charge in [0, 0.05) is 23.4 Å². The van der Waals surface area contributed by atoms with Crippen LogP contribution in [-0.2, 0) is 0 Å². The lowest BCUT2D eigenvalue weighted by Crippen LogP contribution is -2.08. The zero-order valence-electron chi connectivity index (χ0n) is 11.0. The number of hydrogen-bond donors (Lipinski definition) is 2. The molecule has 21 heavy (non-hydrogen) atoms. The molecule has 7 heteroatoms. The highest BCUT2D eigenvalue weighted by Crippen LogP contribution is 2.30. The van der Waals surface area contributed by atoms with Crippen molar-refractivity contribution in [3.05, 3.63) is 62.4 Å². The number of benzene rings is 2. The van der Waals surface area contributed by atoms with Crippen LogP contribution in [0.1, 0.15) is 18.5 Å².